The lowest BCUT2D eigenvalue weighted by atomic mass is 10.5. The van der Waals surface area contributed by atoms with Crippen LogP contribution in [-0.2, 0) is 16.1 Å². The Bertz CT molecular complexity index is 262. The summed E-state index contributed by atoms with van der Waals surface area (Å²) in [5.41, 5.74) is 2.98. The molecule has 0 amide bonds. The summed E-state index contributed by atoms with van der Waals surface area (Å²) in [7, 11) is 1.39. The molecule has 0 aliphatic rings. The molecule has 68 valence electrons. The second kappa shape index (κ2) is 5.27. The van der Waals surface area contributed by atoms with Gasteiger partial charge in [0.25, 0.3) is 0 Å². The van der Waals surface area contributed by atoms with Crippen LogP contribution < -0.4 is 21.5 Å². The van der Waals surface area contributed by atoms with Crippen molar-refractivity contribution in [2.24, 2.45) is 0 Å². The minimum Gasteiger partial charge on any atom is -1.00 e. The SMILES string of the molecule is COC(=O)C[n+]1cscc1C.[Br-]. The Morgan fingerprint density at radius 3 is 2.83 bits per heavy atom. The molecule has 0 N–H and O–H groups in total. The zero-order valence-corrected chi connectivity index (χ0v) is 9.31. The van der Waals surface area contributed by atoms with E-state index in [1.807, 2.05) is 22.4 Å². The first-order chi connectivity index (χ1) is 5.24. The van der Waals surface area contributed by atoms with Crippen molar-refractivity contribution in [3.05, 3.63) is 16.6 Å². The molecule has 0 spiro atoms. The van der Waals surface area contributed by atoms with Gasteiger partial charge in [0.1, 0.15) is 0 Å². The number of thiazole rings is 1. The number of methoxy groups -OCH3 is 1. The molecule has 0 bridgehead atoms. The molecule has 0 radical (unpaired) electrons. The molecule has 0 saturated carbocycles. The summed E-state index contributed by atoms with van der Waals surface area (Å²) in [6, 6.07) is 0. The lowest BCUT2D eigenvalue weighted by Gasteiger charge is -1.92. The van der Waals surface area contributed by atoms with E-state index >= 15 is 0 Å². The van der Waals surface area contributed by atoms with Gasteiger partial charge in [-0.15, -0.1) is 0 Å². The highest BCUT2D eigenvalue weighted by molar-refractivity contribution is 7.07. The first-order valence-corrected chi connectivity index (χ1v) is 4.17. The second-order valence-corrected chi connectivity index (χ2v) is 2.92. The summed E-state index contributed by atoms with van der Waals surface area (Å²) in [6.45, 7) is 2.27. The van der Waals surface area contributed by atoms with Gasteiger partial charge in [-0.05, 0) is 0 Å². The third-order valence-corrected chi connectivity index (χ3v) is 2.26. The van der Waals surface area contributed by atoms with Gasteiger partial charge in [-0.2, -0.15) is 4.57 Å². The molecule has 0 saturated heterocycles. The zero-order valence-electron chi connectivity index (χ0n) is 6.91. The summed E-state index contributed by atoms with van der Waals surface area (Å²) in [5, 5.41) is 1.99. The van der Waals surface area contributed by atoms with Gasteiger partial charge in [-0.25, -0.2) is 4.79 Å². The predicted octanol–water partition coefficient (Wildman–Crippen LogP) is -2.48. The van der Waals surface area contributed by atoms with Gasteiger partial charge in [0.2, 0.25) is 12.1 Å². The number of nitrogens with zero attached hydrogens (tertiary/aromatic N) is 1. The Kier molecular flexibility index (Phi) is 5.08. The second-order valence-electron chi connectivity index (χ2n) is 2.20. The van der Waals surface area contributed by atoms with E-state index in [1.165, 1.54) is 7.11 Å². The van der Waals surface area contributed by atoms with Crippen molar-refractivity contribution >= 4 is 17.3 Å². The van der Waals surface area contributed by atoms with Crippen LogP contribution >= 0.6 is 11.3 Å². The van der Waals surface area contributed by atoms with E-state index < -0.39 is 0 Å². The lowest BCUT2D eigenvalue weighted by Crippen LogP contribution is -3.00. The Morgan fingerprint density at radius 1 is 1.75 bits per heavy atom. The molecule has 0 aliphatic heterocycles. The smallest absolute Gasteiger partial charge is 0.372 e. The fraction of sp³-hybridized carbons (Fsp3) is 0.429. The molecule has 3 nitrogen and oxygen atoms in total. The molecule has 1 rings (SSSR count). The number of esters is 1. The van der Waals surface area contributed by atoms with Crippen LogP contribution in [0.15, 0.2) is 10.9 Å². The van der Waals surface area contributed by atoms with Crippen molar-refractivity contribution < 1.29 is 31.1 Å². The fourth-order valence-corrected chi connectivity index (χ4v) is 1.50. The molecule has 0 fully saturated rings. The number of hydrogen-bond donors (Lipinski definition) is 0. The number of halogens is 1. The number of ether oxygens (including phenoxy) is 1. The molecule has 0 unspecified atom stereocenters. The van der Waals surface area contributed by atoms with Gasteiger partial charge in [-0.3, -0.25) is 0 Å². The van der Waals surface area contributed by atoms with E-state index in [0.717, 1.165) is 5.69 Å². The van der Waals surface area contributed by atoms with Crippen molar-refractivity contribution in [2.45, 2.75) is 13.5 Å². The standard InChI is InChI=1S/C7H10NO2S.BrH/c1-6-4-11-5-8(6)3-7(9)10-2;/h4-5H,3H2,1-2H3;1H/q+1;/p-1. The molecule has 1 aromatic rings. The Labute approximate surface area is 85.7 Å². The number of carbonyl (C=O) groups is 1. The molecule has 0 atom stereocenters. The van der Waals surface area contributed by atoms with Crippen LogP contribution in [0.2, 0.25) is 0 Å². The van der Waals surface area contributed by atoms with Crippen molar-refractivity contribution in [3.63, 3.8) is 0 Å². The molecule has 1 heterocycles. The first-order valence-electron chi connectivity index (χ1n) is 3.23. The maximum Gasteiger partial charge on any atom is 0.372 e. The highest BCUT2D eigenvalue weighted by atomic mass is 79.9. The van der Waals surface area contributed by atoms with Crippen LogP contribution in [0.3, 0.4) is 0 Å². The average molecular weight is 252 g/mol. The van der Waals surface area contributed by atoms with Crippen molar-refractivity contribution in [2.75, 3.05) is 7.11 Å². The number of carbonyl (C=O) groups excluding carboxylic acids is 1. The summed E-state index contributed by atoms with van der Waals surface area (Å²) in [5.74, 6) is -0.212. The molecule has 0 aromatic carbocycles. The predicted molar refractivity (Wildman–Crippen MR) is 41.3 cm³/mol. The number of aromatic nitrogens is 1. The average Bonchev–Trinajstić information content (AvgIpc) is 2.37. The van der Waals surface area contributed by atoms with Crippen molar-refractivity contribution in [1.29, 1.82) is 0 Å². The van der Waals surface area contributed by atoms with E-state index in [9.17, 15) is 4.79 Å². The lowest BCUT2D eigenvalue weighted by molar-refractivity contribution is -0.687. The normalized spacial score (nSPS) is 8.83. The molecular weight excluding hydrogens is 242 g/mol. The van der Waals surface area contributed by atoms with E-state index in [0.29, 0.717) is 6.54 Å². The molecular formula is C7H10BrNO2S. The van der Waals surface area contributed by atoms with Crippen LogP contribution in [-0.4, -0.2) is 13.1 Å². The van der Waals surface area contributed by atoms with Gasteiger partial charge in [-0.1, -0.05) is 11.3 Å². The van der Waals surface area contributed by atoms with Gasteiger partial charge in [0.15, 0.2) is 5.69 Å². The number of hydrogen-bond acceptors (Lipinski definition) is 3. The largest absolute Gasteiger partial charge is 1.00 e. The van der Waals surface area contributed by atoms with E-state index in [-0.39, 0.29) is 23.0 Å². The Morgan fingerprint density at radius 2 is 2.42 bits per heavy atom. The maximum absolute atomic E-state index is 10.8. The minimum atomic E-state index is -0.212. The summed E-state index contributed by atoms with van der Waals surface area (Å²) >= 11 is 1.57. The van der Waals surface area contributed by atoms with Crippen LogP contribution in [0, 0.1) is 6.92 Å². The van der Waals surface area contributed by atoms with Crippen molar-refractivity contribution in [3.8, 4) is 0 Å². The molecule has 0 aliphatic carbocycles. The van der Waals surface area contributed by atoms with E-state index in [1.54, 1.807) is 11.3 Å². The van der Waals surface area contributed by atoms with E-state index in [2.05, 4.69) is 4.74 Å². The minimum absolute atomic E-state index is 0. The maximum atomic E-state index is 10.8. The topological polar surface area (TPSA) is 30.2 Å². The van der Waals surface area contributed by atoms with Gasteiger partial charge < -0.3 is 21.7 Å². The van der Waals surface area contributed by atoms with E-state index in [4.69, 9.17) is 0 Å². The van der Waals surface area contributed by atoms with Gasteiger partial charge in [0.05, 0.1) is 12.5 Å². The van der Waals surface area contributed by atoms with Crippen LogP contribution in [0.5, 0.6) is 0 Å². The van der Waals surface area contributed by atoms with Crippen molar-refractivity contribution in [1.82, 2.24) is 0 Å². The van der Waals surface area contributed by atoms with Crippen LogP contribution in [0.1, 0.15) is 5.69 Å². The van der Waals surface area contributed by atoms with Gasteiger partial charge >= 0.3 is 5.97 Å². The van der Waals surface area contributed by atoms with Crippen LogP contribution in [0.4, 0.5) is 0 Å². The monoisotopic (exact) mass is 251 g/mol. The summed E-state index contributed by atoms with van der Waals surface area (Å²) < 4.78 is 6.38. The Balaban J connectivity index is 0.00000121. The third kappa shape index (κ3) is 2.91. The fourth-order valence-electron chi connectivity index (χ4n) is 0.719. The van der Waals surface area contributed by atoms with Gasteiger partial charge in [0, 0.05) is 6.92 Å². The summed E-state index contributed by atoms with van der Waals surface area (Å²) in [4.78, 5) is 10.8. The quantitative estimate of drug-likeness (QED) is 0.431. The van der Waals surface area contributed by atoms with Crippen LogP contribution in [0.25, 0.3) is 0 Å². The summed E-state index contributed by atoms with van der Waals surface area (Å²) in [6.07, 6.45) is 0. The number of aryl methyl sites for hydroxylation is 1. The molecule has 12 heavy (non-hydrogen) atoms. The third-order valence-electron chi connectivity index (χ3n) is 1.41. The zero-order chi connectivity index (χ0) is 8.27. The number of rotatable bonds is 2. The first kappa shape index (κ1) is 11.6. The Hall–Kier alpha value is -0.420. The highest BCUT2D eigenvalue weighted by Gasteiger charge is 2.12. The highest BCUT2D eigenvalue weighted by Crippen LogP contribution is 1.96. The molecule has 1 aromatic heterocycles. The molecule has 5 heteroatoms.